The van der Waals surface area contributed by atoms with Crippen molar-refractivity contribution in [3.63, 3.8) is 0 Å². The largest absolute Gasteiger partial charge is 0.497 e. The summed E-state index contributed by atoms with van der Waals surface area (Å²) in [6, 6.07) is 25.1. The summed E-state index contributed by atoms with van der Waals surface area (Å²) >= 11 is 0. The van der Waals surface area contributed by atoms with Gasteiger partial charge < -0.3 is 15.0 Å². The van der Waals surface area contributed by atoms with Crippen LogP contribution in [0.4, 0.5) is 5.69 Å². The van der Waals surface area contributed by atoms with E-state index in [2.05, 4.69) is 5.32 Å². The summed E-state index contributed by atoms with van der Waals surface area (Å²) in [7, 11) is -0.520. The molecule has 0 heterocycles. The number of anilines is 1. The molecule has 1 unspecified atom stereocenters. The topological polar surface area (TPSA) is 96.0 Å². The van der Waals surface area contributed by atoms with Crippen molar-refractivity contribution in [2.75, 3.05) is 31.3 Å². The minimum Gasteiger partial charge on any atom is -0.497 e. The molecule has 8 nitrogen and oxygen atoms in total. The average molecular weight is 538 g/mol. The maximum absolute atomic E-state index is 13.6. The van der Waals surface area contributed by atoms with E-state index in [0.717, 1.165) is 17.4 Å². The van der Waals surface area contributed by atoms with Crippen LogP contribution < -0.4 is 14.4 Å². The van der Waals surface area contributed by atoms with Crippen LogP contribution in [0.15, 0.2) is 84.9 Å². The standard InChI is InChI=1S/C29H35N3O5S/c1-30-29(34)27(20-23-12-6-4-7-13-23)31(22-24-14-8-5-9-15-24)28(33)18-11-19-32(38(3,35)36)25-16-10-17-26(21-25)37-2/h4-10,12-17,21,27H,11,18-20,22H2,1-3H3,(H,30,34). The first-order chi connectivity index (χ1) is 18.2. The lowest BCUT2D eigenvalue weighted by Crippen LogP contribution is -2.49. The maximum Gasteiger partial charge on any atom is 0.242 e. The van der Waals surface area contributed by atoms with Crippen molar-refractivity contribution < 1.29 is 22.7 Å². The Labute approximate surface area is 225 Å². The van der Waals surface area contributed by atoms with Crippen molar-refractivity contribution in [2.24, 2.45) is 0 Å². The van der Waals surface area contributed by atoms with Crippen molar-refractivity contribution in [3.05, 3.63) is 96.1 Å². The Bertz CT molecular complexity index is 1300. The van der Waals surface area contributed by atoms with Gasteiger partial charge in [0.2, 0.25) is 21.8 Å². The molecule has 1 N–H and O–H groups in total. The van der Waals surface area contributed by atoms with E-state index in [1.54, 1.807) is 36.2 Å². The Morgan fingerprint density at radius 3 is 2.13 bits per heavy atom. The Balaban J connectivity index is 1.82. The van der Waals surface area contributed by atoms with Crippen molar-refractivity contribution in [1.82, 2.24) is 10.2 Å². The zero-order valence-corrected chi connectivity index (χ0v) is 22.9. The van der Waals surface area contributed by atoms with Gasteiger partial charge in [-0.3, -0.25) is 13.9 Å². The second-order valence-electron chi connectivity index (χ2n) is 8.97. The van der Waals surface area contributed by atoms with Gasteiger partial charge in [0.25, 0.3) is 0 Å². The highest BCUT2D eigenvalue weighted by Crippen LogP contribution is 2.24. The fourth-order valence-electron chi connectivity index (χ4n) is 4.27. The van der Waals surface area contributed by atoms with E-state index in [4.69, 9.17) is 4.74 Å². The third-order valence-electron chi connectivity index (χ3n) is 6.21. The third kappa shape index (κ3) is 8.08. The second-order valence-corrected chi connectivity index (χ2v) is 10.9. The molecule has 0 aromatic heterocycles. The van der Waals surface area contributed by atoms with E-state index >= 15 is 0 Å². The van der Waals surface area contributed by atoms with Crippen LogP contribution in [0.2, 0.25) is 0 Å². The van der Waals surface area contributed by atoms with Crippen LogP contribution in [-0.4, -0.2) is 58.1 Å². The minimum absolute atomic E-state index is 0.0745. The summed E-state index contributed by atoms with van der Waals surface area (Å²) in [5.74, 6) is 0.0559. The second kappa shape index (κ2) is 13.6. The molecule has 0 radical (unpaired) electrons. The molecule has 2 amide bonds. The van der Waals surface area contributed by atoms with Crippen LogP contribution in [-0.2, 0) is 32.6 Å². The molecule has 0 aliphatic carbocycles. The van der Waals surface area contributed by atoms with Gasteiger partial charge in [-0.25, -0.2) is 8.42 Å². The number of rotatable bonds is 13. The van der Waals surface area contributed by atoms with Gasteiger partial charge >= 0.3 is 0 Å². The number of sulfonamides is 1. The van der Waals surface area contributed by atoms with Gasteiger partial charge in [-0.15, -0.1) is 0 Å². The monoisotopic (exact) mass is 537 g/mol. The summed E-state index contributed by atoms with van der Waals surface area (Å²) in [6.45, 7) is 0.372. The average Bonchev–Trinajstić information content (AvgIpc) is 2.93. The summed E-state index contributed by atoms with van der Waals surface area (Å²) in [6.07, 6.45) is 1.85. The number of amides is 2. The van der Waals surface area contributed by atoms with Crippen LogP contribution in [0.25, 0.3) is 0 Å². The fourth-order valence-corrected chi connectivity index (χ4v) is 5.23. The molecular formula is C29H35N3O5S. The lowest BCUT2D eigenvalue weighted by molar-refractivity contribution is -0.141. The quantitative estimate of drug-likeness (QED) is 0.359. The predicted octanol–water partition coefficient (Wildman–Crippen LogP) is 3.63. The number of methoxy groups -OCH3 is 1. The molecule has 0 saturated heterocycles. The van der Waals surface area contributed by atoms with E-state index in [1.807, 2.05) is 60.7 Å². The number of likely N-dealkylation sites (N-methyl/N-ethyl adjacent to an activating group) is 1. The summed E-state index contributed by atoms with van der Waals surface area (Å²) < 4.78 is 31.6. The molecule has 38 heavy (non-hydrogen) atoms. The molecule has 9 heteroatoms. The molecule has 0 bridgehead atoms. The molecule has 0 spiro atoms. The minimum atomic E-state index is -3.60. The van der Waals surface area contributed by atoms with E-state index in [9.17, 15) is 18.0 Å². The van der Waals surface area contributed by atoms with Crippen LogP contribution in [0, 0.1) is 0 Å². The van der Waals surface area contributed by atoms with E-state index < -0.39 is 16.1 Å². The highest BCUT2D eigenvalue weighted by atomic mass is 32.2. The van der Waals surface area contributed by atoms with Gasteiger partial charge in [-0.05, 0) is 29.7 Å². The van der Waals surface area contributed by atoms with Gasteiger partial charge in [0.15, 0.2) is 0 Å². The number of carbonyl (C=O) groups excluding carboxylic acids is 2. The SMILES string of the molecule is CNC(=O)C(Cc1ccccc1)N(Cc1ccccc1)C(=O)CCCN(c1cccc(OC)c1)S(C)(=O)=O. The molecule has 3 rings (SSSR count). The highest BCUT2D eigenvalue weighted by molar-refractivity contribution is 7.92. The molecule has 3 aromatic carbocycles. The summed E-state index contributed by atoms with van der Waals surface area (Å²) in [4.78, 5) is 28.2. The molecule has 0 aliphatic rings. The molecule has 0 aliphatic heterocycles. The fraction of sp³-hybridized carbons (Fsp3) is 0.310. The first kappa shape index (κ1) is 28.7. The summed E-state index contributed by atoms with van der Waals surface area (Å²) in [5.41, 5.74) is 2.30. The number of nitrogens with zero attached hydrogens (tertiary/aromatic N) is 2. The van der Waals surface area contributed by atoms with Gasteiger partial charge in [0.1, 0.15) is 11.8 Å². The molecular weight excluding hydrogens is 502 g/mol. The Hall–Kier alpha value is -3.85. The van der Waals surface area contributed by atoms with Crippen molar-refractivity contribution in [3.8, 4) is 5.75 Å². The van der Waals surface area contributed by atoms with Crippen molar-refractivity contribution in [1.29, 1.82) is 0 Å². The van der Waals surface area contributed by atoms with Crippen molar-refractivity contribution >= 4 is 27.5 Å². The number of hydrogen-bond acceptors (Lipinski definition) is 5. The van der Waals surface area contributed by atoms with Gasteiger partial charge in [0.05, 0.1) is 19.1 Å². The summed E-state index contributed by atoms with van der Waals surface area (Å²) in [5, 5.41) is 2.70. The highest BCUT2D eigenvalue weighted by Gasteiger charge is 2.30. The molecule has 0 fully saturated rings. The maximum atomic E-state index is 13.6. The lowest BCUT2D eigenvalue weighted by Gasteiger charge is -2.31. The zero-order valence-electron chi connectivity index (χ0n) is 22.0. The molecule has 0 saturated carbocycles. The zero-order chi connectivity index (χ0) is 27.5. The van der Waals surface area contributed by atoms with Crippen LogP contribution in [0.5, 0.6) is 5.75 Å². The number of nitrogens with one attached hydrogen (secondary N) is 1. The lowest BCUT2D eigenvalue weighted by atomic mass is 10.0. The number of ether oxygens (including phenoxy) is 1. The predicted molar refractivity (Wildman–Crippen MR) is 149 cm³/mol. The number of benzene rings is 3. The molecule has 1 atom stereocenters. The first-order valence-electron chi connectivity index (χ1n) is 12.4. The number of carbonyl (C=O) groups is 2. The van der Waals surface area contributed by atoms with E-state index in [-0.39, 0.29) is 37.7 Å². The third-order valence-corrected chi connectivity index (χ3v) is 7.40. The van der Waals surface area contributed by atoms with Gasteiger partial charge in [-0.1, -0.05) is 66.7 Å². The smallest absolute Gasteiger partial charge is 0.242 e. The normalized spacial score (nSPS) is 11.9. The Morgan fingerprint density at radius 1 is 0.921 bits per heavy atom. The van der Waals surface area contributed by atoms with Crippen LogP contribution >= 0.6 is 0 Å². The van der Waals surface area contributed by atoms with Crippen LogP contribution in [0.3, 0.4) is 0 Å². The van der Waals surface area contributed by atoms with E-state index in [1.165, 1.54) is 11.4 Å². The molecule has 3 aromatic rings. The number of hydrogen-bond donors (Lipinski definition) is 1. The Morgan fingerprint density at radius 2 is 1.55 bits per heavy atom. The van der Waals surface area contributed by atoms with E-state index in [0.29, 0.717) is 17.9 Å². The van der Waals surface area contributed by atoms with Gasteiger partial charge in [-0.2, -0.15) is 0 Å². The van der Waals surface area contributed by atoms with Gasteiger partial charge in [0, 0.05) is 39.0 Å². The van der Waals surface area contributed by atoms with Crippen molar-refractivity contribution in [2.45, 2.75) is 31.8 Å². The van der Waals surface area contributed by atoms with Crippen LogP contribution in [0.1, 0.15) is 24.0 Å². The Kier molecular flexibility index (Phi) is 10.3. The molecule has 202 valence electrons. The first-order valence-corrected chi connectivity index (χ1v) is 14.3.